The Balaban J connectivity index is 2.16. The van der Waals surface area contributed by atoms with Crippen molar-refractivity contribution in [3.8, 4) is 0 Å². The van der Waals surface area contributed by atoms with Gasteiger partial charge in [0.25, 0.3) is 0 Å². The molecule has 2 heterocycles. The molecular weight excluding hydrogens is 290 g/mol. The van der Waals surface area contributed by atoms with Crippen LogP contribution in [0.15, 0.2) is 17.3 Å². The molecule has 0 aromatic carbocycles. The van der Waals surface area contributed by atoms with Crippen LogP contribution in [0.3, 0.4) is 0 Å². The molecule has 1 aromatic heterocycles. The Labute approximate surface area is 126 Å². The van der Waals surface area contributed by atoms with Gasteiger partial charge in [-0.05, 0) is 33.4 Å². The van der Waals surface area contributed by atoms with Crippen molar-refractivity contribution in [2.24, 2.45) is 0 Å². The lowest BCUT2D eigenvalue weighted by Gasteiger charge is -2.35. The van der Waals surface area contributed by atoms with Crippen LogP contribution in [0.1, 0.15) is 19.8 Å². The van der Waals surface area contributed by atoms with Crippen molar-refractivity contribution >= 4 is 16.0 Å². The minimum absolute atomic E-state index is 0.00203. The van der Waals surface area contributed by atoms with Crippen molar-refractivity contribution in [1.29, 1.82) is 0 Å². The quantitative estimate of drug-likeness (QED) is 0.859. The smallest absolute Gasteiger partial charge is 0.246 e. The third kappa shape index (κ3) is 3.69. The van der Waals surface area contributed by atoms with Gasteiger partial charge in [0, 0.05) is 26.2 Å². The molecule has 118 valence electrons. The molecule has 1 aromatic rings. The van der Waals surface area contributed by atoms with E-state index in [-0.39, 0.29) is 10.9 Å². The molecule has 7 nitrogen and oxygen atoms in total. The number of rotatable bonds is 5. The number of anilines is 1. The molecule has 1 N–H and O–H groups in total. The number of aromatic nitrogens is 2. The first-order valence-electron chi connectivity index (χ1n) is 7.17. The maximum Gasteiger partial charge on any atom is 0.246 e. The maximum atomic E-state index is 12.6. The fourth-order valence-corrected chi connectivity index (χ4v) is 3.77. The van der Waals surface area contributed by atoms with E-state index in [0.717, 1.165) is 25.9 Å². The number of hydrogen-bond acceptors (Lipinski definition) is 6. The Hall–Kier alpha value is -1.25. The van der Waals surface area contributed by atoms with Crippen LogP contribution in [0.4, 0.5) is 5.95 Å². The minimum atomic E-state index is -3.54. The predicted molar refractivity (Wildman–Crippen MR) is 81.7 cm³/mol. The summed E-state index contributed by atoms with van der Waals surface area (Å²) in [4.78, 5) is 10.4. The average Bonchev–Trinajstić information content (AvgIpc) is 2.47. The van der Waals surface area contributed by atoms with E-state index >= 15 is 0 Å². The summed E-state index contributed by atoms with van der Waals surface area (Å²) in [6.45, 7) is 4.40. The second kappa shape index (κ2) is 6.67. The van der Waals surface area contributed by atoms with Gasteiger partial charge in [-0.2, -0.15) is 4.31 Å². The Morgan fingerprint density at radius 2 is 2.10 bits per heavy atom. The Bertz CT molecular complexity index is 560. The van der Waals surface area contributed by atoms with E-state index in [1.807, 2.05) is 14.0 Å². The molecule has 21 heavy (non-hydrogen) atoms. The molecule has 1 fully saturated rings. The molecule has 2 rings (SSSR count). The lowest BCUT2D eigenvalue weighted by Crippen LogP contribution is -2.47. The summed E-state index contributed by atoms with van der Waals surface area (Å²) in [5, 5.41) is 2.95. The van der Waals surface area contributed by atoms with Crippen molar-refractivity contribution in [2.45, 2.75) is 30.7 Å². The van der Waals surface area contributed by atoms with Crippen LogP contribution >= 0.6 is 0 Å². The number of sulfonamides is 1. The molecule has 0 spiro atoms. The summed E-state index contributed by atoms with van der Waals surface area (Å²) < 4.78 is 26.7. The summed E-state index contributed by atoms with van der Waals surface area (Å²) in [6.07, 6.45) is 4.63. The lowest BCUT2D eigenvalue weighted by atomic mass is 10.1. The zero-order valence-electron chi connectivity index (χ0n) is 12.8. The van der Waals surface area contributed by atoms with Crippen LogP contribution in [0.2, 0.25) is 0 Å². The van der Waals surface area contributed by atoms with E-state index in [1.165, 1.54) is 16.7 Å². The van der Waals surface area contributed by atoms with Gasteiger partial charge in [0.2, 0.25) is 16.0 Å². The lowest BCUT2D eigenvalue weighted by molar-refractivity contribution is 0.187. The molecule has 1 unspecified atom stereocenters. The molecule has 0 amide bonds. The Kier molecular flexibility index (Phi) is 5.13. The maximum absolute atomic E-state index is 12.6. The van der Waals surface area contributed by atoms with Crippen molar-refractivity contribution < 1.29 is 8.42 Å². The van der Waals surface area contributed by atoms with Gasteiger partial charge in [-0.3, -0.25) is 0 Å². The topological polar surface area (TPSA) is 78.4 Å². The second-order valence-electron chi connectivity index (χ2n) is 5.35. The van der Waals surface area contributed by atoms with Gasteiger partial charge < -0.3 is 10.2 Å². The molecular formula is C13H23N5O2S. The number of piperidine rings is 1. The highest BCUT2D eigenvalue weighted by molar-refractivity contribution is 7.89. The van der Waals surface area contributed by atoms with Gasteiger partial charge in [-0.1, -0.05) is 0 Å². The zero-order chi connectivity index (χ0) is 15.5. The number of likely N-dealkylation sites (N-methyl/N-ethyl adjacent to an activating group) is 2. The summed E-state index contributed by atoms with van der Waals surface area (Å²) in [7, 11) is 0.111. The summed E-state index contributed by atoms with van der Waals surface area (Å²) in [6, 6.07) is 0.00203. The van der Waals surface area contributed by atoms with E-state index in [0.29, 0.717) is 12.5 Å². The zero-order valence-corrected chi connectivity index (χ0v) is 13.6. The molecule has 0 saturated carbocycles. The summed E-state index contributed by atoms with van der Waals surface area (Å²) in [5.74, 6) is 0.441. The molecule has 0 radical (unpaired) electrons. The molecule has 1 aliphatic rings. The van der Waals surface area contributed by atoms with E-state index in [2.05, 4.69) is 20.2 Å². The van der Waals surface area contributed by atoms with Crippen LogP contribution in [-0.4, -0.2) is 67.4 Å². The van der Waals surface area contributed by atoms with Crippen LogP contribution in [0.25, 0.3) is 0 Å². The first-order chi connectivity index (χ1) is 9.95. The monoisotopic (exact) mass is 313 g/mol. The molecule has 0 bridgehead atoms. The van der Waals surface area contributed by atoms with Crippen molar-refractivity contribution in [3.05, 3.63) is 12.4 Å². The van der Waals surface area contributed by atoms with E-state index in [9.17, 15) is 8.42 Å². The van der Waals surface area contributed by atoms with Gasteiger partial charge >= 0.3 is 0 Å². The number of nitrogens with zero attached hydrogens (tertiary/aromatic N) is 4. The van der Waals surface area contributed by atoms with Gasteiger partial charge in [-0.25, -0.2) is 18.4 Å². The fraction of sp³-hybridized carbons (Fsp3) is 0.692. The van der Waals surface area contributed by atoms with Gasteiger partial charge in [0.05, 0.1) is 12.4 Å². The van der Waals surface area contributed by atoms with Gasteiger partial charge in [-0.15, -0.1) is 0 Å². The number of nitrogens with one attached hydrogen (secondary N) is 1. The van der Waals surface area contributed by atoms with Crippen LogP contribution in [-0.2, 0) is 10.0 Å². The average molecular weight is 313 g/mol. The summed E-state index contributed by atoms with van der Waals surface area (Å²) in [5.41, 5.74) is 0. The fourth-order valence-electron chi connectivity index (χ4n) is 2.50. The first kappa shape index (κ1) is 16.1. The van der Waals surface area contributed by atoms with Crippen LogP contribution < -0.4 is 5.32 Å². The van der Waals surface area contributed by atoms with Crippen molar-refractivity contribution in [3.63, 3.8) is 0 Å². The standard InChI is InChI=1S/C13H23N5O2S/c1-4-14-13-15-8-12(9-16-13)21(19,20)18(3)11-6-5-7-17(2)10-11/h8-9,11H,4-7,10H2,1-3H3,(H,14,15,16). The Morgan fingerprint density at radius 3 is 2.67 bits per heavy atom. The molecule has 1 saturated heterocycles. The van der Waals surface area contributed by atoms with E-state index in [4.69, 9.17) is 0 Å². The van der Waals surface area contributed by atoms with E-state index in [1.54, 1.807) is 7.05 Å². The number of hydrogen-bond donors (Lipinski definition) is 1. The van der Waals surface area contributed by atoms with Crippen molar-refractivity contribution in [1.82, 2.24) is 19.2 Å². The largest absolute Gasteiger partial charge is 0.355 e. The SMILES string of the molecule is CCNc1ncc(S(=O)(=O)N(C)C2CCCN(C)C2)cn1. The van der Waals surface area contributed by atoms with Crippen LogP contribution in [0.5, 0.6) is 0 Å². The van der Waals surface area contributed by atoms with Gasteiger partial charge in [0.1, 0.15) is 4.90 Å². The molecule has 1 aliphatic heterocycles. The molecule has 8 heteroatoms. The Morgan fingerprint density at radius 1 is 1.43 bits per heavy atom. The third-order valence-electron chi connectivity index (χ3n) is 3.75. The third-order valence-corrected chi connectivity index (χ3v) is 5.62. The van der Waals surface area contributed by atoms with Crippen molar-refractivity contribution in [2.75, 3.05) is 39.0 Å². The molecule has 1 atom stereocenters. The highest BCUT2D eigenvalue weighted by Gasteiger charge is 2.30. The van der Waals surface area contributed by atoms with Crippen LogP contribution in [0, 0.1) is 0 Å². The predicted octanol–water partition coefficient (Wildman–Crippen LogP) is 0.623. The number of likely N-dealkylation sites (tertiary alicyclic amines) is 1. The summed E-state index contributed by atoms with van der Waals surface area (Å²) >= 11 is 0. The normalized spacial score (nSPS) is 20.7. The van der Waals surface area contributed by atoms with E-state index < -0.39 is 10.0 Å². The second-order valence-corrected chi connectivity index (χ2v) is 7.35. The molecule has 0 aliphatic carbocycles. The van der Waals surface area contributed by atoms with Gasteiger partial charge in [0.15, 0.2) is 0 Å². The first-order valence-corrected chi connectivity index (χ1v) is 8.61. The highest BCUT2D eigenvalue weighted by Crippen LogP contribution is 2.21. The highest BCUT2D eigenvalue weighted by atomic mass is 32.2. The minimum Gasteiger partial charge on any atom is -0.355 e.